The van der Waals surface area contributed by atoms with E-state index in [1.807, 2.05) is 0 Å². The summed E-state index contributed by atoms with van der Waals surface area (Å²) in [6, 6.07) is 0. The maximum Gasteiger partial charge on any atom is 0.0669 e. The van der Waals surface area contributed by atoms with Crippen LogP contribution in [0.15, 0.2) is 0 Å². The van der Waals surface area contributed by atoms with Gasteiger partial charge in [-0.3, -0.25) is 0 Å². The van der Waals surface area contributed by atoms with Gasteiger partial charge in [0.05, 0.1) is 6.10 Å². The highest BCUT2D eigenvalue weighted by Crippen LogP contribution is 2.11. The van der Waals surface area contributed by atoms with E-state index >= 15 is 0 Å². The summed E-state index contributed by atoms with van der Waals surface area (Å²) in [4.78, 5) is 2.37. The molecule has 1 saturated heterocycles. The van der Waals surface area contributed by atoms with Crippen LogP contribution in [0.25, 0.3) is 0 Å². The summed E-state index contributed by atoms with van der Waals surface area (Å²) < 4.78 is 0. The van der Waals surface area contributed by atoms with Crippen LogP contribution >= 0.6 is 0 Å². The Hall–Kier alpha value is -0.0800. The van der Waals surface area contributed by atoms with Crippen LogP contribution in [0.3, 0.4) is 0 Å². The molecule has 12 heavy (non-hydrogen) atoms. The number of nitrogens with zero attached hydrogens (tertiary/aromatic N) is 1. The van der Waals surface area contributed by atoms with Crippen LogP contribution in [-0.4, -0.2) is 35.7 Å². The maximum atomic E-state index is 9.64. The van der Waals surface area contributed by atoms with Gasteiger partial charge in [0.25, 0.3) is 0 Å². The van der Waals surface area contributed by atoms with E-state index in [9.17, 15) is 5.11 Å². The summed E-state index contributed by atoms with van der Waals surface area (Å²) in [5.41, 5.74) is 0. The molecule has 1 aliphatic heterocycles. The third-order valence-corrected chi connectivity index (χ3v) is 2.41. The maximum absolute atomic E-state index is 9.64. The normalized spacial score (nSPS) is 22.0. The van der Waals surface area contributed by atoms with Crippen LogP contribution in [0.4, 0.5) is 0 Å². The highest BCUT2D eigenvalue weighted by atomic mass is 16.3. The number of likely N-dealkylation sites (tertiary alicyclic amines) is 1. The Bertz CT molecular complexity index is 119. The van der Waals surface area contributed by atoms with Gasteiger partial charge in [-0.15, -0.1) is 0 Å². The molecule has 2 nitrogen and oxygen atoms in total. The average molecular weight is 171 g/mol. The summed E-state index contributed by atoms with van der Waals surface area (Å²) in [5, 5.41) is 9.64. The second-order valence-corrected chi connectivity index (χ2v) is 4.29. The average Bonchev–Trinajstić information content (AvgIpc) is 2.37. The van der Waals surface area contributed by atoms with Gasteiger partial charge < -0.3 is 10.0 Å². The molecule has 72 valence electrons. The van der Waals surface area contributed by atoms with E-state index in [4.69, 9.17) is 0 Å². The summed E-state index contributed by atoms with van der Waals surface area (Å²) in [5.74, 6) is 0.614. The van der Waals surface area contributed by atoms with E-state index in [1.165, 1.54) is 25.9 Å². The Morgan fingerprint density at radius 3 is 2.33 bits per heavy atom. The summed E-state index contributed by atoms with van der Waals surface area (Å²) >= 11 is 0. The van der Waals surface area contributed by atoms with Gasteiger partial charge in [0.1, 0.15) is 0 Å². The Morgan fingerprint density at radius 1 is 1.25 bits per heavy atom. The van der Waals surface area contributed by atoms with Gasteiger partial charge in [-0.05, 0) is 38.3 Å². The lowest BCUT2D eigenvalue weighted by atomic mass is 10.1. The number of hydrogen-bond donors (Lipinski definition) is 1. The van der Waals surface area contributed by atoms with Crippen LogP contribution in [0, 0.1) is 5.92 Å². The van der Waals surface area contributed by atoms with Crippen molar-refractivity contribution in [1.82, 2.24) is 4.90 Å². The number of hydrogen-bond acceptors (Lipinski definition) is 2. The number of aliphatic hydroxyl groups is 1. The van der Waals surface area contributed by atoms with Crippen molar-refractivity contribution in [3.8, 4) is 0 Å². The Labute approximate surface area is 75.6 Å². The minimum absolute atomic E-state index is 0.108. The molecule has 1 N–H and O–H groups in total. The quantitative estimate of drug-likeness (QED) is 0.692. The lowest BCUT2D eigenvalue weighted by Crippen LogP contribution is -2.30. The summed E-state index contributed by atoms with van der Waals surface area (Å²) in [6.45, 7) is 7.59. The minimum atomic E-state index is -0.108. The van der Waals surface area contributed by atoms with E-state index in [1.54, 1.807) is 0 Å². The molecule has 0 radical (unpaired) electrons. The first-order chi connectivity index (χ1) is 5.68. The van der Waals surface area contributed by atoms with Crippen LogP contribution in [0.2, 0.25) is 0 Å². The Kier molecular flexibility index (Phi) is 4.02. The zero-order chi connectivity index (χ0) is 8.97. The van der Waals surface area contributed by atoms with Crippen LogP contribution in [0.1, 0.15) is 33.1 Å². The predicted molar refractivity (Wildman–Crippen MR) is 51.1 cm³/mol. The van der Waals surface area contributed by atoms with Crippen LogP contribution < -0.4 is 0 Å². The standard InChI is InChI=1S/C10H21NO/c1-9(2)7-10(12)8-11-5-3-4-6-11/h9-10,12H,3-8H2,1-2H3/t10-/m0/s1. The number of rotatable bonds is 4. The first-order valence-electron chi connectivity index (χ1n) is 5.09. The molecule has 0 spiro atoms. The van der Waals surface area contributed by atoms with Gasteiger partial charge in [-0.25, -0.2) is 0 Å². The van der Waals surface area contributed by atoms with E-state index in [0.29, 0.717) is 5.92 Å². The first kappa shape index (κ1) is 10.0. The molecule has 0 amide bonds. The van der Waals surface area contributed by atoms with Crippen molar-refractivity contribution in [2.24, 2.45) is 5.92 Å². The van der Waals surface area contributed by atoms with E-state index in [0.717, 1.165) is 13.0 Å². The van der Waals surface area contributed by atoms with Gasteiger partial charge >= 0.3 is 0 Å². The van der Waals surface area contributed by atoms with Gasteiger partial charge in [0.2, 0.25) is 0 Å². The molecule has 0 aromatic rings. The van der Waals surface area contributed by atoms with Crippen molar-refractivity contribution in [3.63, 3.8) is 0 Å². The van der Waals surface area contributed by atoms with Crippen LogP contribution in [-0.2, 0) is 0 Å². The van der Waals surface area contributed by atoms with Gasteiger partial charge in [0.15, 0.2) is 0 Å². The highest BCUT2D eigenvalue weighted by molar-refractivity contribution is 4.70. The van der Waals surface area contributed by atoms with Gasteiger partial charge in [0, 0.05) is 6.54 Å². The molecule has 1 aliphatic rings. The fourth-order valence-corrected chi connectivity index (χ4v) is 1.88. The van der Waals surface area contributed by atoms with E-state index in [2.05, 4.69) is 18.7 Å². The van der Waals surface area contributed by atoms with Crippen molar-refractivity contribution in [2.75, 3.05) is 19.6 Å². The molecule has 0 aliphatic carbocycles. The van der Waals surface area contributed by atoms with E-state index in [-0.39, 0.29) is 6.10 Å². The fourth-order valence-electron chi connectivity index (χ4n) is 1.88. The number of β-amino-alcohol motifs (C(OH)–C–C–N with tert-alkyl or cyclic N) is 1. The molecule has 1 atom stereocenters. The van der Waals surface area contributed by atoms with Gasteiger partial charge in [-0.1, -0.05) is 13.8 Å². The van der Waals surface area contributed by atoms with Gasteiger partial charge in [-0.2, -0.15) is 0 Å². The second-order valence-electron chi connectivity index (χ2n) is 4.29. The van der Waals surface area contributed by atoms with Crippen molar-refractivity contribution < 1.29 is 5.11 Å². The molecular weight excluding hydrogens is 150 g/mol. The Morgan fingerprint density at radius 2 is 1.83 bits per heavy atom. The smallest absolute Gasteiger partial charge is 0.0669 e. The SMILES string of the molecule is CC(C)C[C@H](O)CN1CCCC1. The minimum Gasteiger partial charge on any atom is -0.392 e. The molecule has 1 fully saturated rings. The molecular formula is C10H21NO. The zero-order valence-corrected chi connectivity index (χ0v) is 8.29. The lowest BCUT2D eigenvalue weighted by Gasteiger charge is -2.20. The molecule has 0 aromatic carbocycles. The molecule has 0 bridgehead atoms. The van der Waals surface area contributed by atoms with Crippen molar-refractivity contribution in [1.29, 1.82) is 0 Å². The van der Waals surface area contributed by atoms with Crippen molar-refractivity contribution in [3.05, 3.63) is 0 Å². The number of aliphatic hydroxyl groups excluding tert-OH is 1. The van der Waals surface area contributed by atoms with Crippen molar-refractivity contribution in [2.45, 2.75) is 39.2 Å². The Balaban J connectivity index is 2.11. The lowest BCUT2D eigenvalue weighted by molar-refractivity contribution is 0.105. The summed E-state index contributed by atoms with van der Waals surface area (Å²) in [7, 11) is 0. The molecule has 0 aromatic heterocycles. The predicted octanol–water partition coefficient (Wildman–Crippen LogP) is 1.49. The molecule has 0 unspecified atom stereocenters. The zero-order valence-electron chi connectivity index (χ0n) is 8.29. The monoisotopic (exact) mass is 171 g/mol. The molecule has 1 rings (SSSR count). The van der Waals surface area contributed by atoms with E-state index < -0.39 is 0 Å². The highest BCUT2D eigenvalue weighted by Gasteiger charge is 2.15. The topological polar surface area (TPSA) is 23.5 Å². The third-order valence-electron chi connectivity index (χ3n) is 2.41. The second kappa shape index (κ2) is 4.83. The molecule has 2 heteroatoms. The molecule has 1 heterocycles. The van der Waals surface area contributed by atoms with Crippen molar-refractivity contribution >= 4 is 0 Å². The fraction of sp³-hybridized carbons (Fsp3) is 1.00. The summed E-state index contributed by atoms with van der Waals surface area (Å²) in [6.07, 6.45) is 3.46. The molecule has 0 saturated carbocycles. The largest absolute Gasteiger partial charge is 0.392 e. The first-order valence-corrected chi connectivity index (χ1v) is 5.09. The van der Waals surface area contributed by atoms with Crippen LogP contribution in [0.5, 0.6) is 0 Å². The third kappa shape index (κ3) is 3.55.